The van der Waals surface area contributed by atoms with Gasteiger partial charge in [0.15, 0.2) is 0 Å². The number of halogens is 1. The maximum absolute atomic E-state index is 14.5. The van der Waals surface area contributed by atoms with Crippen LogP contribution < -0.4 is 53.2 Å². The van der Waals surface area contributed by atoms with Crippen molar-refractivity contribution < 1.29 is 105 Å². The van der Waals surface area contributed by atoms with Gasteiger partial charge in [-0.05, 0) is 276 Å². The molecule has 3 aromatic rings. The molecular formula is C92H137IN10O22. The number of alkyl carbamates (subject to hydrolysis) is 1. The topological polar surface area (TPSA) is 441 Å². The lowest BCUT2D eigenvalue weighted by Gasteiger charge is -2.30. The fraction of sp³-hybridized carbons (Fsp3) is 0.641. The van der Waals surface area contributed by atoms with Crippen LogP contribution in [-0.4, -0.2) is 192 Å². The highest BCUT2D eigenvalue weighted by atomic mass is 127. The predicted molar refractivity (Wildman–Crippen MR) is 477 cm³/mol. The summed E-state index contributed by atoms with van der Waals surface area (Å²) in [5, 5.41) is 29.1. The Balaban J connectivity index is 1.27. The van der Waals surface area contributed by atoms with Gasteiger partial charge in [0.25, 0.3) is 0 Å². The van der Waals surface area contributed by atoms with Crippen LogP contribution in [0.2, 0.25) is 0 Å². The number of rotatable bonds is 45. The molecule has 2 saturated carbocycles. The number of hydrogen-bond donors (Lipinski definition) is 10. The second-order valence-electron chi connectivity index (χ2n) is 37.1. The molecule has 2 fully saturated rings. The molecule has 33 heteroatoms. The second-order valence-corrected chi connectivity index (χ2v) is 38.4. The summed E-state index contributed by atoms with van der Waals surface area (Å²) in [6, 6.07) is 10.7. The fourth-order valence-corrected chi connectivity index (χ4v) is 14.3. The minimum atomic E-state index is -1.76. The van der Waals surface area contributed by atoms with Crippen molar-refractivity contribution in [3.63, 3.8) is 0 Å². The smallest absolute Gasteiger partial charge is 0.407 e. The number of amides is 10. The van der Waals surface area contributed by atoms with E-state index in [9.17, 15) is 71.9 Å². The second kappa shape index (κ2) is 51.6. The number of nitrogens with one attached hydrogen (secondary N) is 10. The van der Waals surface area contributed by atoms with Crippen LogP contribution >= 0.6 is 22.6 Å². The summed E-state index contributed by atoms with van der Waals surface area (Å²) in [7, 11) is 0. The molecule has 0 radical (unpaired) electrons. The molecule has 3 aromatic carbocycles. The van der Waals surface area contributed by atoms with Gasteiger partial charge in [0.2, 0.25) is 41.4 Å². The summed E-state index contributed by atoms with van der Waals surface area (Å²) in [5.41, 5.74) is -3.31. The Morgan fingerprint density at radius 1 is 0.432 bits per heavy atom. The van der Waals surface area contributed by atoms with E-state index in [2.05, 4.69) is 82.3 Å². The highest BCUT2D eigenvalue weighted by Crippen LogP contribution is 2.30. The molecule has 32 nitrogen and oxygen atoms in total. The molecule has 0 spiro atoms. The van der Waals surface area contributed by atoms with Crippen LogP contribution in [0.1, 0.15) is 263 Å². The van der Waals surface area contributed by atoms with E-state index in [0.29, 0.717) is 70.6 Å². The van der Waals surface area contributed by atoms with Crippen LogP contribution in [-0.2, 0) is 108 Å². The highest BCUT2D eigenvalue weighted by molar-refractivity contribution is 14.1. The molecule has 125 heavy (non-hydrogen) atoms. The minimum absolute atomic E-state index is 0.0113. The Labute approximate surface area is 749 Å². The molecule has 7 unspecified atom stereocenters. The largest absolute Gasteiger partial charge is 0.461 e. The normalized spacial score (nSPS) is 16.2. The number of fused-ring (bicyclic) bond motifs is 1. The Morgan fingerprint density at radius 2 is 0.888 bits per heavy atom. The van der Waals surface area contributed by atoms with E-state index in [1.54, 1.807) is 104 Å². The first-order chi connectivity index (χ1) is 58.6. The molecule has 5 rings (SSSR count). The predicted octanol–water partition coefficient (Wildman–Crippen LogP) is 10.7. The molecule has 0 saturated heterocycles. The molecule has 10 amide bonds. The number of carbonyl (C=O) groups is 15. The average molecular weight is 1860 g/mol. The van der Waals surface area contributed by atoms with Crippen molar-refractivity contribution in [2.24, 2.45) is 11.8 Å². The van der Waals surface area contributed by atoms with Crippen LogP contribution in [0.5, 0.6) is 0 Å². The van der Waals surface area contributed by atoms with Crippen LogP contribution in [0.15, 0.2) is 79.4 Å². The van der Waals surface area contributed by atoms with Crippen LogP contribution in [0, 0.1) is 15.4 Å². The van der Waals surface area contributed by atoms with E-state index in [0.717, 1.165) is 51.2 Å². The Bertz CT molecular complexity index is 4110. The van der Waals surface area contributed by atoms with E-state index < -0.39 is 179 Å². The van der Waals surface area contributed by atoms with Crippen LogP contribution in [0.3, 0.4) is 0 Å². The minimum Gasteiger partial charge on any atom is -0.461 e. The van der Waals surface area contributed by atoms with Gasteiger partial charge in [-0.2, -0.15) is 0 Å². The van der Waals surface area contributed by atoms with Gasteiger partial charge < -0.3 is 86.3 Å². The van der Waals surface area contributed by atoms with Gasteiger partial charge in [-0.1, -0.05) is 80.1 Å². The fourth-order valence-electron chi connectivity index (χ4n) is 13.9. The number of aryl methyl sites for hydroxylation is 1. The molecule has 2 aliphatic rings. The Hall–Kier alpha value is -9.96. The molecule has 0 aliphatic heterocycles. The van der Waals surface area contributed by atoms with Gasteiger partial charge in [0, 0.05) is 48.4 Å². The first kappa shape index (κ1) is 106. The van der Waals surface area contributed by atoms with Crippen LogP contribution in [0.4, 0.5) is 9.59 Å². The standard InChI is InChI=1S/C92H137IN10O22/c1-17-51-119-87(118)95-50-27-24-34-66(97-74(105)55-71(84(115)124-91(11,12)13)99-76(107)56-72(85(116)125-92(14,15)16)100-75(106)54-70(83(114)123-90(8,9)10)98-73(104)36-28-29-58-40-45-64(93)46-41-58)79(110)96-57-59-37-43-62(44-38-59)78(109)101-69(53-60-39-42-61-30-22-23-31-63(61)52-60)80(111)94-49-26-25-35-67(81(112)120-65-32-20-18-19-21-33-65)102-86(117)103-68(82(113)122-89(5,6)7)47-48-77(108)121-88(2,3)4/h17,22-23,30-31,39-42,45-46,52,59,62,65-72H,1,18-21,24-29,32-38,43-44,47-51,53-57H2,2-16H3,(H,94,111)(H,95,118)(H,96,110)(H,97,105)(H,98,104)(H,99,107)(H,100,106)(H,101,109)(H2,102,103,117). The molecule has 2 aliphatic carbocycles. The third-order valence-corrected chi connectivity index (χ3v) is 20.5. The zero-order chi connectivity index (χ0) is 92.8. The summed E-state index contributed by atoms with van der Waals surface area (Å²) in [5.74, 6) is -10.6. The number of hydrogen-bond acceptors (Lipinski definition) is 22. The lowest BCUT2D eigenvalue weighted by atomic mass is 9.81. The number of unbranched alkanes of at least 4 members (excludes halogenated alkanes) is 2. The first-order valence-electron chi connectivity index (χ1n) is 43.8. The van der Waals surface area contributed by atoms with Gasteiger partial charge in [-0.15, -0.1) is 0 Å². The number of ether oxygens (including phenoxy) is 7. The van der Waals surface area contributed by atoms with Crippen molar-refractivity contribution in [3.05, 3.63) is 94.1 Å². The summed E-state index contributed by atoms with van der Waals surface area (Å²) in [6.45, 7) is 28.2. The lowest BCUT2D eigenvalue weighted by molar-refractivity contribution is -0.161. The third kappa shape index (κ3) is 44.2. The van der Waals surface area contributed by atoms with E-state index >= 15 is 0 Å². The molecule has 0 heterocycles. The molecule has 694 valence electrons. The van der Waals surface area contributed by atoms with E-state index in [-0.39, 0.29) is 89.1 Å². The Kier molecular flexibility index (Phi) is 43.6. The number of carbonyl (C=O) groups excluding carboxylic acids is 15. The van der Waals surface area contributed by atoms with Crippen molar-refractivity contribution in [3.8, 4) is 0 Å². The molecule has 0 bridgehead atoms. The van der Waals surface area contributed by atoms with Gasteiger partial charge in [0.05, 0.1) is 19.3 Å². The summed E-state index contributed by atoms with van der Waals surface area (Å²) in [6.07, 6.45) is 6.82. The van der Waals surface area contributed by atoms with Gasteiger partial charge in [-0.3, -0.25) is 38.4 Å². The van der Waals surface area contributed by atoms with Crippen molar-refractivity contribution >= 4 is 123 Å². The van der Waals surface area contributed by atoms with Crippen molar-refractivity contribution in [1.29, 1.82) is 0 Å². The summed E-state index contributed by atoms with van der Waals surface area (Å²) >= 11 is 2.19. The van der Waals surface area contributed by atoms with Crippen molar-refractivity contribution in [2.45, 2.75) is 341 Å². The van der Waals surface area contributed by atoms with Gasteiger partial charge in [-0.25, -0.2) is 33.6 Å². The Morgan fingerprint density at radius 3 is 1.40 bits per heavy atom. The summed E-state index contributed by atoms with van der Waals surface area (Å²) in [4.78, 5) is 207. The van der Waals surface area contributed by atoms with E-state index in [1.807, 2.05) is 66.7 Å². The van der Waals surface area contributed by atoms with Gasteiger partial charge >= 0.3 is 47.9 Å². The van der Waals surface area contributed by atoms with Crippen LogP contribution in [0.25, 0.3) is 10.8 Å². The van der Waals surface area contributed by atoms with E-state index in [1.165, 1.54) is 6.08 Å². The first-order valence-corrected chi connectivity index (χ1v) is 44.8. The molecular weight excluding hydrogens is 1720 g/mol. The highest BCUT2D eigenvalue weighted by Gasteiger charge is 2.39. The maximum atomic E-state index is 14.5. The SMILES string of the molecule is C=CCOC(=O)NCCCCC(NC(=O)CC(NC(=O)CC(NC(=O)CC(NC(=O)CCCc1ccc(I)cc1)C(=O)OC(C)(C)C)C(=O)OC(C)(C)C)C(=O)OC(C)(C)C)C(=O)NCC1CCC(C(=O)NC(Cc2ccc3ccccc3c2)C(=O)NCCCCC(NC(=O)NC(CCC(=O)OC(C)(C)C)C(=O)OC(C)(C)C)C(=O)OC2CCCCCC2)CC1. The zero-order valence-corrected chi connectivity index (χ0v) is 77.9. The molecule has 0 aromatic heterocycles. The maximum Gasteiger partial charge on any atom is 0.407 e. The number of benzene rings is 3. The molecule has 10 N–H and O–H groups in total. The zero-order valence-electron chi connectivity index (χ0n) is 75.8. The molecule has 7 atom stereocenters. The summed E-state index contributed by atoms with van der Waals surface area (Å²) < 4.78 is 40.0. The number of urea groups is 1. The lowest BCUT2D eigenvalue weighted by Crippen LogP contribution is -2.53. The van der Waals surface area contributed by atoms with Gasteiger partial charge in [0.1, 0.15) is 83.0 Å². The quantitative estimate of drug-likeness (QED) is 0.00627. The number of esters is 6. The van der Waals surface area contributed by atoms with Crippen molar-refractivity contribution in [2.75, 3.05) is 26.2 Å². The average Bonchev–Trinajstić information content (AvgIpc) is 1.15. The third-order valence-electron chi connectivity index (χ3n) is 19.8. The van der Waals surface area contributed by atoms with E-state index in [4.69, 9.17) is 33.2 Å². The monoisotopic (exact) mass is 1860 g/mol. The van der Waals surface area contributed by atoms with Crippen molar-refractivity contribution in [1.82, 2.24) is 53.2 Å².